The molecule has 4 aromatic heterocycles. The van der Waals surface area contributed by atoms with E-state index in [0.29, 0.717) is 107 Å². The molecule has 4 heterocycles. The van der Waals surface area contributed by atoms with Gasteiger partial charge in [-0.25, -0.2) is 15.0 Å². The number of nitrogens with one attached hydrogen (secondary N) is 3. The number of aliphatic imine (C=N–C) groups is 1. The number of hydrogen-bond donors (Lipinski definition) is 4. The number of nitrogens with zero attached hydrogens (tertiary/aromatic N) is 10. The maximum atomic E-state index is 13.8. The molecule has 0 bridgehead atoms. The molecule has 0 aliphatic carbocycles. The van der Waals surface area contributed by atoms with Crippen molar-refractivity contribution in [2.45, 2.75) is 66.7 Å². The molecular formula is C46H54N14O6. The van der Waals surface area contributed by atoms with Gasteiger partial charge in [-0.2, -0.15) is 10.2 Å². The summed E-state index contributed by atoms with van der Waals surface area (Å²) in [6, 6.07) is 15.5. The van der Waals surface area contributed by atoms with Crippen LogP contribution >= 0.6 is 0 Å². The molecule has 344 valence electrons. The van der Waals surface area contributed by atoms with Crippen LogP contribution in [0.1, 0.15) is 85.3 Å². The van der Waals surface area contributed by atoms with Gasteiger partial charge < -0.3 is 25.3 Å². The van der Waals surface area contributed by atoms with Gasteiger partial charge in [-0.1, -0.05) is 24.3 Å². The highest BCUT2D eigenvalue weighted by atomic mass is 16.5. The lowest BCUT2D eigenvalue weighted by Crippen LogP contribution is -2.39. The van der Waals surface area contributed by atoms with E-state index in [1.54, 1.807) is 80.3 Å². The Morgan fingerprint density at radius 1 is 0.909 bits per heavy atom. The number of amides is 3. The molecule has 0 radical (unpaired) electrons. The monoisotopic (exact) mass is 898 g/mol. The highest BCUT2D eigenvalue weighted by molar-refractivity contribution is 6.03. The Hall–Kier alpha value is -8.00. The number of aldehydes is 2. The van der Waals surface area contributed by atoms with Crippen molar-refractivity contribution in [2.24, 2.45) is 4.99 Å². The number of aryl methyl sites for hydroxylation is 4. The Morgan fingerprint density at radius 3 is 2.24 bits per heavy atom. The summed E-state index contributed by atoms with van der Waals surface area (Å²) in [6.07, 6.45) is 6.94. The largest absolute Gasteiger partial charge is 0.491 e. The maximum Gasteiger partial charge on any atom is 0.276 e. The third-order valence-corrected chi connectivity index (χ3v) is 10.3. The first kappa shape index (κ1) is 47.5. The van der Waals surface area contributed by atoms with Gasteiger partial charge in [0.25, 0.3) is 11.8 Å². The molecular weight excluding hydrogens is 845 g/mol. The van der Waals surface area contributed by atoms with E-state index >= 15 is 0 Å². The van der Waals surface area contributed by atoms with Crippen molar-refractivity contribution in [1.82, 2.24) is 49.8 Å². The zero-order chi connectivity index (χ0) is 47.3. The lowest BCUT2D eigenvalue weighted by molar-refractivity contribution is -0.125. The summed E-state index contributed by atoms with van der Waals surface area (Å²) in [4.78, 5) is 78.9. The molecule has 0 unspecified atom stereocenters. The lowest BCUT2D eigenvalue weighted by atomic mass is 10.2. The molecule has 0 spiro atoms. The van der Waals surface area contributed by atoms with E-state index in [-0.39, 0.29) is 50.5 Å². The molecule has 0 saturated heterocycles. The molecule has 0 aliphatic heterocycles. The number of hydrazine groups is 1. The summed E-state index contributed by atoms with van der Waals surface area (Å²) >= 11 is 0. The molecule has 5 N–H and O–H groups in total. The number of fused-ring (bicyclic) bond motifs is 1. The van der Waals surface area contributed by atoms with Crippen LogP contribution in [-0.2, 0) is 31.0 Å². The summed E-state index contributed by atoms with van der Waals surface area (Å²) in [5.41, 5.74) is 14.2. The minimum absolute atomic E-state index is 0.00371. The van der Waals surface area contributed by atoms with E-state index in [9.17, 15) is 24.0 Å². The SMILES string of the molecule is C=Nc1cc(C=O)cnc1N(C/C=C/Cn1c(NC(=O)c2cc(C)nn2CC)nc2cc(C=O)cc(OCCCC(=O)NN(C)Cc3ccc(N)cc3)c21)CNC(=O)c1cc(C)nn1CC. The number of pyridine rings is 1. The first-order valence-corrected chi connectivity index (χ1v) is 21.3. The van der Waals surface area contributed by atoms with E-state index in [0.717, 1.165) is 5.56 Å². The Balaban J connectivity index is 1.26. The molecule has 20 nitrogen and oxygen atoms in total. The molecule has 0 saturated carbocycles. The third kappa shape index (κ3) is 11.8. The van der Waals surface area contributed by atoms with Gasteiger partial charge in [-0.05, 0) is 88.9 Å². The second-order valence-corrected chi connectivity index (χ2v) is 15.3. The van der Waals surface area contributed by atoms with Crippen LogP contribution < -0.4 is 31.4 Å². The number of anilines is 3. The quantitative estimate of drug-likeness (QED) is 0.0125. The summed E-state index contributed by atoms with van der Waals surface area (Å²) in [5, 5.41) is 16.4. The van der Waals surface area contributed by atoms with Gasteiger partial charge >= 0.3 is 0 Å². The number of aromatic nitrogens is 7. The number of carbonyl (C=O) groups is 5. The number of carbonyl (C=O) groups excluding carboxylic acids is 5. The van der Waals surface area contributed by atoms with Crippen LogP contribution in [-0.4, -0.2) is 103 Å². The minimum atomic E-state index is -0.445. The van der Waals surface area contributed by atoms with Gasteiger partial charge in [0.2, 0.25) is 11.9 Å². The van der Waals surface area contributed by atoms with Crippen LogP contribution in [0.3, 0.4) is 0 Å². The molecule has 0 fully saturated rings. The van der Waals surface area contributed by atoms with E-state index in [4.69, 9.17) is 15.5 Å². The van der Waals surface area contributed by atoms with Crippen molar-refractivity contribution in [1.29, 1.82) is 0 Å². The van der Waals surface area contributed by atoms with Gasteiger partial charge in [0, 0.05) is 69.2 Å². The molecule has 6 aromatic rings. The fourth-order valence-electron chi connectivity index (χ4n) is 7.18. The van der Waals surface area contributed by atoms with Crippen molar-refractivity contribution in [3.63, 3.8) is 0 Å². The number of rotatable bonds is 23. The van der Waals surface area contributed by atoms with Crippen LogP contribution in [0.5, 0.6) is 5.75 Å². The minimum Gasteiger partial charge on any atom is -0.491 e. The number of nitrogens with two attached hydrogens (primary N) is 1. The summed E-state index contributed by atoms with van der Waals surface area (Å²) in [6.45, 7) is 13.0. The zero-order valence-corrected chi connectivity index (χ0v) is 37.7. The van der Waals surface area contributed by atoms with E-state index in [1.807, 2.05) is 45.1 Å². The fraction of sp³-hybridized carbons (Fsp3) is 0.304. The van der Waals surface area contributed by atoms with E-state index in [2.05, 4.69) is 43.0 Å². The number of ether oxygens (including phenoxy) is 1. The average Bonchev–Trinajstić information content (AvgIpc) is 4.01. The number of allylic oxidation sites excluding steroid dienone is 1. The first-order valence-electron chi connectivity index (χ1n) is 21.3. The summed E-state index contributed by atoms with van der Waals surface area (Å²) in [7, 11) is 1.77. The number of nitrogen functional groups attached to an aromatic ring is 1. The Morgan fingerprint density at radius 2 is 1.59 bits per heavy atom. The van der Waals surface area contributed by atoms with E-state index in [1.165, 1.54) is 6.20 Å². The van der Waals surface area contributed by atoms with Crippen molar-refractivity contribution < 1.29 is 28.7 Å². The summed E-state index contributed by atoms with van der Waals surface area (Å²) in [5.74, 6) is -0.138. The van der Waals surface area contributed by atoms with E-state index < -0.39 is 5.91 Å². The smallest absolute Gasteiger partial charge is 0.276 e. The molecule has 3 amide bonds. The molecule has 20 heteroatoms. The molecule has 0 aliphatic rings. The van der Waals surface area contributed by atoms with Crippen molar-refractivity contribution in [2.75, 3.05) is 42.8 Å². The number of benzene rings is 2. The van der Waals surface area contributed by atoms with Crippen LogP contribution in [0.2, 0.25) is 0 Å². The van der Waals surface area contributed by atoms with Crippen LogP contribution in [0.15, 0.2) is 77.9 Å². The van der Waals surface area contributed by atoms with Crippen molar-refractivity contribution in [3.8, 4) is 5.75 Å². The van der Waals surface area contributed by atoms with Crippen molar-refractivity contribution >= 4 is 71.2 Å². The normalized spacial score (nSPS) is 11.2. The first-order chi connectivity index (χ1) is 31.8. The fourth-order valence-corrected chi connectivity index (χ4v) is 7.18. The topological polar surface area (TPSA) is 242 Å². The standard InChI is InChI=1S/C46H54N14O6/c1-7-59-38(20-30(3)53-59)44(64)50-29-57(43-37(48-5)23-34(28-62)25-49-43)17-9-10-18-58-42-36(51-46(58)52-45(65)39-21-31(4)54-60(39)8-2)22-33(27-61)24-40(42)66-19-11-12-41(63)55-56(6)26-32-13-15-35(47)16-14-32/h9-10,13-16,20-25,27-28H,5,7-8,11-12,17-19,26,29,47H2,1-4,6H3,(H,50,64)(H,55,63)(H,51,52,65)/b10-9+. The van der Waals surface area contributed by atoms with Gasteiger partial charge in [0.05, 0.1) is 30.2 Å². The predicted molar refractivity (Wildman–Crippen MR) is 251 cm³/mol. The van der Waals surface area contributed by atoms with Crippen LogP contribution in [0.4, 0.5) is 23.1 Å². The molecule has 66 heavy (non-hydrogen) atoms. The number of imidazole rings is 1. The Kier molecular flexibility index (Phi) is 15.9. The highest BCUT2D eigenvalue weighted by Crippen LogP contribution is 2.32. The lowest BCUT2D eigenvalue weighted by Gasteiger charge is -2.24. The zero-order valence-electron chi connectivity index (χ0n) is 37.7. The maximum absolute atomic E-state index is 13.8. The third-order valence-electron chi connectivity index (χ3n) is 10.3. The van der Waals surface area contributed by atoms with Gasteiger partial charge in [0.15, 0.2) is 12.1 Å². The highest BCUT2D eigenvalue weighted by Gasteiger charge is 2.22. The number of hydrogen-bond acceptors (Lipinski definition) is 14. The molecule has 6 rings (SSSR count). The van der Waals surface area contributed by atoms with Crippen molar-refractivity contribution in [3.05, 3.63) is 112 Å². The van der Waals surface area contributed by atoms with Crippen LogP contribution in [0.25, 0.3) is 11.0 Å². The predicted octanol–water partition coefficient (Wildman–Crippen LogP) is 5.05. The average molecular weight is 899 g/mol. The van der Waals surface area contributed by atoms with Crippen LogP contribution in [0, 0.1) is 13.8 Å². The second kappa shape index (κ2) is 22.1. The van der Waals surface area contributed by atoms with Gasteiger partial charge in [0.1, 0.15) is 34.6 Å². The molecule has 0 atom stereocenters. The second-order valence-electron chi connectivity index (χ2n) is 15.3. The van der Waals surface area contributed by atoms with Gasteiger partial charge in [-0.3, -0.25) is 49.1 Å². The Bertz CT molecular complexity index is 2750. The molecule has 2 aromatic carbocycles. The summed E-state index contributed by atoms with van der Waals surface area (Å²) < 4.78 is 11.2. The Labute approximate surface area is 381 Å². The van der Waals surface area contributed by atoms with Gasteiger partial charge in [-0.15, -0.1) is 0 Å².